The fraction of sp³-hybridized carbons (Fsp3) is 0.368. The van der Waals surface area contributed by atoms with Gasteiger partial charge in [-0.05, 0) is 47.5 Å². The number of hydrogen-bond donors (Lipinski definition) is 5. The van der Waals surface area contributed by atoms with Crippen LogP contribution in [-0.4, -0.2) is 84.9 Å². The van der Waals surface area contributed by atoms with Gasteiger partial charge in [-0.15, -0.1) is 0 Å². The van der Waals surface area contributed by atoms with E-state index in [0.717, 1.165) is 0 Å². The Labute approximate surface area is 200 Å². The van der Waals surface area contributed by atoms with Crippen molar-refractivity contribution in [2.75, 3.05) is 50.2 Å². The minimum absolute atomic E-state index is 0.0146. The number of halogens is 2. The number of hydrogen-bond acceptors (Lipinski definition) is 11. The molecule has 0 aliphatic heterocycles. The maximum atomic E-state index is 10.2. The van der Waals surface area contributed by atoms with E-state index in [4.69, 9.17) is 23.2 Å². The Morgan fingerprint density at radius 1 is 0.818 bits per heavy atom. The summed E-state index contributed by atoms with van der Waals surface area (Å²) in [5.74, 6) is 0.878. The van der Waals surface area contributed by atoms with Gasteiger partial charge in [0, 0.05) is 17.9 Å². The Morgan fingerprint density at radius 2 is 1.33 bits per heavy atom. The molecule has 0 fully saturated rings. The zero-order valence-corrected chi connectivity index (χ0v) is 19.8. The third-order valence-electron chi connectivity index (χ3n) is 4.06. The second-order valence-corrected chi connectivity index (χ2v) is 8.77. The van der Waals surface area contributed by atoms with E-state index < -0.39 is 6.10 Å². The SMILES string of the molecule is C[N+](C)(C)CC(O)CNc1nc(Cl)nc(Nc2ccc(Nc3nc(Cl)nc(CO)n3)cc2)n1. The van der Waals surface area contributed by atoms with Crippen molar-refractivity contribution in [3.63, 3.8) is 0 Å². The highest BCUT2D eigenvalue weighted by Gasteiger charge is 2.16. The van der Waals surface area contributed by atoms with Crippen LogP contribution in [0.25, 0.3) is 0 Å². The maximum absolute atomic E-state index is 10.2. The number of rotatable bonds is 10. The molecule has 0 saturated heterocycles. The van der Waals surface area contributed by atoms with Gasteiger partial charge in [-0.1, -0.05) is 0 Å². The lowest BCUT2D eigenvalue weighted by Gasteiger charge is -2.26. The summed E-state index contributed by atoms with van der Waals surface area (Å²) in [6, 6.07) is 7.13. The van der Waals surface area contributed by atoms with Crippen molar-refractivity contribution >= 4 is 52.4 Å². The van der Waals surface area contributed by atoms with E-state index in [0.29, 0.717) is 22.4 Å². The Hall–Kier alpha value is -2.90. The molecule has 0 spiro atoms. The van der Waals surface area contributed by atoms with E-state index in [-0.39, 0.29) is 47.4 Å². The standard InChI is InChI=1S/C19H25Cl2N10O2/c1-31(2,3)9-13(33)8-22-17-27-16(21)29-19(30-17)24-12-6-4-11(5-7-12)23-18-26-14(10-32)25-15(20)28-18/h4-7,13,32-33H,8-10H2,1-3H3,(H,23,25,26,28)(H2,22,24,27,29,30)/q+1. The quantitative estimate of drug-likeness (QED) is 0.261. The van der Waals surface area contributed by atoms with Crippen LogP contribution in [0.3, 0.4) is 0 Å². The van der Waals surface area contributed by atoms with Gasteiger partial charge in [0.25, 0.3) is 0 Å². The van der Waals surface area contributed by atoms with Crippen LogP contribution in [0.4, 0.5) is 29.2 Å². The number of aromatic nitrogens is 6. The molecular weight excluding hydrogens is 471 g/mol. The van der Waals surface area contributed by atoms with E-state index >= 15 is 0 Å². The molecule has 0 bridgehead atoms. The summed E-state index contributed by atoms with van der Waals surface area (Å²) in [4.78, 5) is 24.2. The summed E-state index contributed by atoms with van der Waals surface area (Å²) < 4.78 is 0.626. The number of aliphatic hydroxyl groups excluding tert-OH is 2. The number of quaternary nitrogens is 1. The van der Waals surface area contributed by atoms with Gasteiger partial charge < -0.3 is 30.6 Å². The summed E-state index contributed by atoms with van der Waals surface area (Å²) in [5.41, 5.74) is 1.39. The first-order valence-corrected chi connectivity index (χ1v) is 10.6. The van der Waals surface area contributed by atoms with Crippen molar-refractivity contribution in [2.24, 2.45) is 0 Å². The van der Waals surface area contributed by atoms with E-state index in [1.54, 1.807) is 24.3 Å². The molecular formula is C19H25Cl2N10O2+. The molecule has 0 aliphatic carbocycles. The first-order valence-electron chi connectivity index (χ1n) is 9.89. The first-order chi connectivity index (χ1) is 15.6. The monoisotopic (exact) mass is 495 g/mol. The minimum Gasteiger partial charge on any atom is -0.388 e. The number of benzene rings is 1. The third kappa shape index (κ3) is 8.18. The smallest absolute Gasteiger partial charge is 0.233 e. The summed E-state index contributed by atoms with van der Waals surface area (Å²) >= 11 is 11.9. The molecule has 14 heteroatoms. The molecule has 3 aromatic rings. The molecule has 2 heterocycles. The van der Waals surface area contributed by atoms with Crippen LogP contribution in [0.2, 0.25) is 10.6 Å². The molecule has 0 radical (unpaired) electrons. The topological polar surface area (TPSA) is 154 Å². The summed E-state index contributed by atoms with van der Waals surface area (Å²) in [7, 11) is 5.99. The molecule has 0 saturated carbocycles. The summed E-state index contributed by atoms with van der Waals surface area (Å²) in [6.07, 6.45) is -0.579. The van der Waals surface area contributed by atoms with Gasteiger partial charge in [-0.2, -0.15) is 24.9 Å². The van der Waals surface area contributed by atoms with Gasteiger partial charge in [0.05, 0.1) is 21.1 Å². The molecule has 2 aromatic heterocycles. The van der Waals surface area contributed by atoms with Gasteiger partial charge in [-0.25, -0.2) is 4.98 Å². The second-order valence-electron chi connectivity index (χ2n) is 8.09. The van der Waals surface area contributed by atoms with E-state index in [1.165, 1.54) is 0 Å². The van der Waals surface area contributed by atoms with Crippen LogP contribution in [0.15, 0.2) is 24.3 Å². The molecule has 176 valence electrons. The lowest BCUT2D eigenvalue weighted by molar-refractivity contribution is -0.873. The van der Waals surface area contributed by atoms with E-state index in [9.17, 15) is 10.2 Å². The van der Waals surface area contributed by atoms with Crippen LogP contribution in [0.5, 0.6) is 0 Å². The zero-order chi connectivity index (χ0) is 24.0. The molecule has 1 unspecified atom stereocenters. The van der Waals surface area contributed by atoms with Gasteiger partial charge >= 0.3 is 0 Å². The van der Waals surface area contributed by atoms with Gasteiger partial charge in [0.2, 0.25) is 28.4 Å². The van der Waals surface area contributed by atoms with Crippen molar-refractivity contribution in [3.8, 4) is 0 Å². The van der Waals surface area contributed by atoms with Crippen molar-refractivity contribution in [3.05, 3.63) is 40.7 Å². The predicted molar refractivity (Wildman–Crippen MR) is 126 cm³/mol. The number of nitrogens with zero attached hydrogens (tertiary/aromatic N) is 7. The van der Waals surface area contributed by atoms with Gasteiger partial charge in [-0.3, -0.25) is 0 Å². The highest BCUT2D eigenvalue weighted by atomic mass is 35.5. The predicted octanol–water partition coefficient (Wildman–Crippen LogP) is 1.82. The minimum atomic E-state index is -0.579. The van der Waals surface area contributed by atoms with Crippen LogP contribution < -0.4 is 16.0 Å². The summed E-state index contributed by atoms with van der Waals surface area (Å²) in [6.45, 7) is 0.490. The Bertz CT molecular complexity index is 1080. The van der Waals surface area contributed by atoms with Crippen molar-refractivity contribution in [1.82, 2.24) is 29.9 Å². The van der Waals surface area contributed by atoms with Crippen LogP contribution in [0, 0.1) is 0 Å². The molecule has 0 aliphatic rings. The summed E-state index contributed by atoms with van der Waals surface area (Å²) in [5, 5.41) is 28.4. The van der Waals surface area contributed by atoms with Gasteiger partial charge in [0.15, 0.2) is 5.82 Å². The lowest BCUT2D eigenvalue weighted by Crippen LogP contribution is -2.43. The highest BCUT2D eigenvalue weighted by Crippen LogP contribution is 2.20. The molecule has 33 heavy (non-hydrogen) atoms. The van der Waals surface area contributed by atoms with Gasteiger partial charge in [0.1, 0.15) is 19.3 Å². The normalized spacial score (nSPS) is 12.3. The van der Waals surface area contributed by atoms with Crippen molar-refractivity contribution < 1.29 is 14.7 Å². The Morgan fingerprint density at radius 3 is 1.88 bits per heavy atom. The average Bonchev–Trinajstić information content (AvgIpc) is 2.72. The zero-order valence-electron chi connectivity index (χ0n) is 18.3. The average molecular weight is 496 g/mol. The molecule has 12 nitrogen and oxygen atoms in total. The maximum Gasteiger partial charge on any atom is 0.233 e. The number of nitrogens with one attached hydrogen (secondary N) is 3. The van der Waals surface area contributed by atoms with Crippen molar-refractivity contribution in [2.45, 2.75) is 12.7 Å². The number of anilines is 5. The molecule has 1 atom stereocenters. The van der Waals surface area contributed by atoms with E-state index in [1.807, 2.05) is 21.1 Å². The fourth-order valence-electron chi connectivity index (χ4n) is 2.80. The second kappa shape index (κ2) is 10.8. The third-order valence-corrected chi connectivity index (χ3v) is 4.39. The Kier molecular flexibility index (Phi) is 8.10. The molecule has 0 amide bonds. The molecule has 1 aromatic carbocycles. The van der Waals surface area contributed by atoms with E-state index in [2.05, 4.69) is 45.9 Å². The molecule has 5 N–H and O–H groups in total. The van der Waals surface area contributed by atoms with Crippen LogP contribution in [0.1, 0.15) is 5.82 Å². The van der Waals surface area contributed by atoms with Crippen LogP contribution >= 0.6 is 23.2 Å². The van der Waals surface area contributed by atoms with Crippen molar-refractivity contribution in [1.29, 1.82) is 0 Å². The first kappa shape index (κ1) is 24.7. The highest BCUT2D eigenvalue weighted by molar-refractivity contribution is 6.28. The molecule has 3 rings (SSSR count). The largest absolute Gasteiger partial charge is 0.388 e. The number of likely N-dealkylation sites (N-methyl/N-ethyl adjacent to an activating group) is 1. The Balaban J connectivity index is 1.63. The number of aliphatic hydroxyl groups is 2. The van der Waals surface area contributed by atoms with Crippen LogP contribution in [-0.2, 0) is 6.61 Å². The fourth-order valence-corrected chi connectivity index (χ4v) is 3.14. The lowest BCUT2D eigenvalue weighted by atomic mass is 10.3.